The first-order chi connectivity index (χ1) is 9.16. The molecule has 1 aromatic rings. The molecule has 0 radical (unpaired) electrons. The molecule has 19 heavy (non-hydrogen) atoms. The minimum absolute atomic E-state index is 0.340. The molecule has 0 bridgehead atoms. The van der Waals surface area contributed by atoms with Crippen molar-refractivity contribution >= 4 is 11.6 Å². The Morgan fingerprint density at radius 3 is 2.74 bits per heavy atom. The third-order valence-corrected chi connectivity index (χ3v) is 3.71. The Kier molecular flexibility index (Phi) is 8.07. The molecule has 1 aromatic carbocycles. The highest BCUT2D eigenvalue weighted by atomic mass is 35.5. The van der Waals surface area contributed by atoms with Gasteiger partial charge in [0.1, 0.15) is 0 Å². The third-order valence-electron chi connectivity index (χ3n) is 3.36. The van der Waals surface area contributed by atoms with E-state index in [2.05, 4.69) is 30.3 Å². The van der Waals surface area contributed by atoms with Crippen LogP contribution in [0.2, 0.25) is 5.02 Å². The maximum atomic E-state index is 6.23. The van der Waals surface area contributed by atoms with Crippen molar-refractivity contribution in [2.45, 2.75) is 19.4 Å². The molecule has 1 N–H and O–H groups in total. The quantitative estimate of drug-likeness (QED) is 0.706. The molecule has 3 nitrogen and oxygen atoms in total. The number of nitrogens with zero attached hydrogens (tertiary/aromatic N) is 1. The maximum Gasteiger partial charge on any atom is 0.0587 e. The largest absolute Gasteiger partial charge is 0.383 e. The lowest BCUT2D eigenvalue weighted by Gasteiger charge is -2.25. The van der Waals surface area contributed by atoms with Crippen LogP contribution in [0.5, 0.6) is 0 Å². The molecular formula is C15H25ClN2O. The summed E-state index contributed by atoms with van der Waals surface area (Å²) in [6.07, 6.45) is 1.12. The Morgan fingerprint density at radius 2 is 2.05 bits per heavy atom. The lowest BCUT2D eigenvalue weighted by molar-refractivity contribution is 0.198. The van der Waals surface area contributed by atoms with Gasteiger partial charge < -0.3 is 10.1 Å². The number of ether oxygens (including phenoxy) is 1. The normalized spacial score (nSPS) is 12.9. The predicted molar refractivity (Wildman–Crippen MR) is 81.9 cm³/mol. The highest BCUT2D eigenvalue weighted by Gasteiger charge is 2.13. The van der Waals surface area contributed by atoms with Crippen molar-refractivity contribution in [1.82, 2.24) is 10.2 Å². The zero-order chi connectivity index (χ0) is 14.1. The Bertz CT molecular complexity index is 360. The van der Waals surface area contributed by atoms with Crippen molar-refractivity contribution in [2.75, 3.05) is 40.4 Å². The molecule has 1 rings (SSSR count). The average Bonchev–Trinajstić information content (AvgIpc) is 2.42. The second-order valence-corrected chi connectivity index (χ2v) is 5.18. The van der Waals surface area contributed by atoms with E-state index < -0.39 is 0 Å². The summed E-state index contributed by atoms with van der Waals surface area (Å²) < 4.78 is 4.99. The van der Waals surface area contributed by atoms with Crippen LogP contribution in [0.25, 0.3) is 0 Å². The van der Waals surface area contributed by atoms with Crippen LogP contribution in [0.3, 0.4) is 0 Å². The zero-order valence-corrected chi connectivity index (χ0v) is 12.9. The van der Waals surface area contributed by atoms with E-state index in [1.165, 1.54) is 5.56 Å². The Hall–Kier alpha value is -0.610. The minimum atomic E-state index is 0.340. The van der Waals surface area contributed by atoms with Gasteiger partial charge in [-0.2, -0.15) is 0 Å². The van der Waals surface area contributed by atoms with Gasteiger partial charge in [-0.1, -0.05) is 29.8 Å². The first kappa shape index (κ1) is 16.4. The maximum absolute atomic E-state index is 6.23. The second kappa shape index (κ2) is 9.32. The first-order valence-electron chi connectivity index (χ1n) is 6.81. The van der Waals surface area contributed by atoms with Crippen LogP contribution in [-0.2, 0) is 4.74 Å². The van der Waals surface area contributed by atoms with Crippen molar-refractivity contribution in [3.8, 4) is 0 Å². The lowest BCUT2D eigenvalue weighted by atomic mass is 10.1. The molecule has 0 fully saturated rings. The van der Waals surface area contributed by atoms with Gasteiger partial charge in [0.05, 0.1) is 6.61 Å². The van der Waals surface area contributed by atoms with Crippen LogP contribution in [0.4, 0.5) is 0 Å². The van der Waals surface area contributed by atoms with Gasteiger partial charge in [0.15, 0.2) is 0 Å². The number of rotatable bonds is 9. The Morgan fingerprint density at radius 1 is 1.32 bits per heavy atom. The molecule has 0 amide bonds. The first-order valence-corrected chi connectivity index (χ1v) is 7.19. The van der Waals surface area contributed by atoms with Gasteiger partial charge in [0, 0.05) is 24.7 Å². The predicted octanol–water partition coefficient (Wildman–Crippen LogP) is 2.96. The number of methoxy groups -OCH3 is 1. The van der Waals surface area contributed by atoms with Crippen LogP contribution in [0, 0.1) is 0 Å². The molecular weight excluding hydrogens is 260 g/mol. The van der Waals surface area contributed by atoms with Crippen LogP contribution in [0.15, 0.2) is 24.3 Å². The monoisotopic (exact) mass is 284 g/mol. The number of benzene rings is 1. The molecule has 0 aliphatic heterocycles. The molecule has 0 saturated heterocycles. The number of hydrogen-bond acceptors (Lipinski definition) is 3. The van der Waals surface area contributed by atoms with E-state index >= 15 is 0 Å². The standard InChI is InChI=1S/C15H25ClN2O/c1-13(14-7-4-5-8-15(14)16)18(2)11-6-9-17-10-12-19-3/h4-5,7-8,13,17H,6,9-12H2,1-3H3. The van der Waals surface area contributed by atoms with Gasteiger partial charge in [0.25, 0.3) is 0 Å². The molecule has 1 unspecified atom stereocenters. The average molecular weight is 285 g/mol. The fourth-order valence-corrected chi connectivity index (χ4v) is 2.29. The molecule has 0 spiro atoms. The summed E-state index contributed by atoms with van der Waals surface area (Å²) in [6, 6.07) is 8.40. The van der Waals surface area contributed by atoms with Crippen LogP contribution in [0.1, 0.15) is 24.9 Å². The number of nitrogens with one attached hydrogen (secondary N) is 1. The Balaban J connectivity index is 2.29. The topological polar surface area (TPSA) is 24.5 Å². The molecule has 0 saturated carbocycles. The van der Waals surface area contributed by atoms with E-state index in [-0.39, 0.29) is 0 Å². The van der Waals surface area contributed by atoms with Crippen molar-refractivity contribution in [1.29, 1.82) is 0 Å². The van der Waals surface area contributed by atoms with Crippen LogP contribution in [-0.4, -0.2) is 45.3 Å². The molecule has 108 valence electrons. The summed E-state index contributed by atoms with van der Waals surface area (Å²) in [6.45, 7) is 5.95. The van der Waals surface area contributed by atoms with Gasteiger partial charge in [-0.3, -0.25) is 4.90 Å². The molecule has 0 aliphatic rings. The van der Waals surface area contributed by atoms with E-state index in [9.17, 15) is 0 Å². The van der Waals surface area contributed by atoms with Gasteiger partial charge >= 0.3 is 0 Å². The zero-order valence-electron chi connectivity index (χ0n) is 12.2. The fourth-order valence-electron chi connectivity index (χ4n) is 2.00. The van der Waals surface area contributed by atoms with Crippen molar-refractivity contribution in [3.63, 3.8) is 0 Å². The summed E-state index contributed by atoms with van der Waals surface area (Å²) in [5.74, 6) is 0. The van der Waals surface area contributed by atoms with Crippen LogP contribution < -0.4 is 5.32 Å². The van der Waals surface area contributed by atoms with Gasteiger partial charge in [-0.05, 0) is 45.1 Å². The minimum Gasteiger partial charge on any atom is -0.383 e. The molecule has 1 atom stereocenters. The summed E-state index contributed by atoms with van der Waals surface area (Å²) in [7, 11) is 3.86. The number of hydrogen-bond donors (Lipinski definition) is 1. The molecule has 0 aromatic heterocycles. The Labute approximate surface area is 121 Å². The van der Waals surface area contributed by atoms with Gasteiger partial charge in [0.2, 0.25) is 0 Å². The SMILES string of the molecule is COCCNCCCN(C)C(C)c1ccccc1Cl. The van der Waals surface area contributed by atoms with Gasteiger partial charge in [-0.25, -0.2) is 0 Å². The smallest absolute Gasteiger partial charge is 0.0587 e. The highest BCUT2D eigenvalue weighted by Crippen LogP contribution is 2.25. The van der Waals surface area contributed by atoms with Crippen molar-refractivity contribution < 1.29 is 4.74 Å². The summed E-state index contributed by atoms with van der Waals surface area (Å²) in [5, 5.41) is 4.20. The van der Waals surface area contributed by atoms with Crippen molar-refractivity contribution in [3.05, 3.63) is 34.9 Å². The summed E-state index contributed by atoms with van der Waals surface area (Å²) >= 11 is 6.23. The lowest BCUT2D eigenvalue weighted by Crippen LogP contribution is -2.28. The van der Waals surface area contributed by atoms with E-state index in [4.69, 9.17) is 16.3 Å². The van der Waals surface area contributed by atoms with E-state index in [1.54, 1.807) is 7.11 Å². The van der Waals surface area contributed by atoms with E-state index in [0.717, 1.165) is 37.7 Å². The fraction of sp³-hybridized carbons (Fsp3) is 0.600. The highest BCUT2D eigenvalue weighted by molar-refractivity contribution is 6.31. The van der Waals surface area contributed by atoms with Gasteiger partial charge in [-0.15, -0.1) is 0 Å². The number of halogens is 1. The molecule has 0 heterocycles. The molecule has 4 heteroatoms. The van der Waals surface area contributed by atoms with E-state index in [0.29, 0.717) is 6.04 Å². The van der Waals surface area contributed by atoms with Crippen LogP contribution >= 0.6 is 11.6 Å². The van der Waals surface area contributed by atoms with E-state index in [1.807, 2.05) is 18.2 Å². The summed E-state index contributed by atoms with van der Waals surface area (Å²) in [4.78, 5) is 2.33. The second-order valence-electron chi connectivity index (χ2n) is 4.77. The third kappa shape index (κ3) is 5.91. The van der Waals surface area contributed by atoms with Crippen molar-refractivity contribution in [2.24, 2.45) is 0 Å². The molecule has 0 aliphatic carbocycles. The summed E-state index contributed by atoms with van der Waals surface area (Å²) in [5.41, 5.74) is 1.19.